The lowest BCUT2D eigenvalue weighted by Crippen LogP contribution is -2.11. The maximum atomic E-state index is 12.4. The Morgan fingerprint density at radius 3 is 2.32 bits per heavy atom. The second kappa shape index (κ2) is 7.85. The molecule has 0 radical (unpaired) electrons. The Labute approximate surface area is 147 Å². The number of carbonyl (C=O) groups excluding carboxylic acids is 1. The molecule has 0 saturated heterocycles. The molecule has 25 heavy (non-hydrogen) atoms. The van der Waals surface area contributed by atoms with E-state index in [9.17, 15) is 13.2 Å². The van der Waals surface area contributed by atoms with E-state index in [1.165, 1.54) is 44.4 Å². The highest BCUT2D eigenvalue weighted by molar-refractivity contribution is 7.87. The van der Waals surface area contributed by atoms with Crippen LogP contribution < -0.4 is 14.2 Å². The average Bonchev–Trinajstić information content (AvgIpc) is 2.56. The molecule has 0 fully saturated rings. The average molecular weight is 361 g/mol. The number of methoxy groups -OCH3 is 1. The van der Waals surface area contributed by atoms with E-state index in [0.717, 1.165) is 5.56 Å². The summed E-state index contributed by atoms with van der Waals surface area (Å²) in [6.45, 7) is 3.25. The summed E-state index contributed by atoms with van der Waals surface area (Å²) in [5.74, 6) is 0.175. The predicted octanol–water partition coefficient (Wildman–Crippen LogP) is 3.45. The maximum Gasteiger partial charge on any atom is 0.339 e. The molecule has 2 aromatic rings. The molecule has 0 aliphatic rings. The first-order valence-corrected chi connectivity index (χ1v) is 8.89. The Balaban J connectivity index is 2.27. The van der Waals surface area contributed by atoms with Crippen LogP contribution in [0.3, 0.4) is 0 Å². The number of hydrogen-bond acceptors (Lipinski definition) is 5. The molecule has 0 spiro atoms. The molecule has 7 heteroatoms. The highest BCUT2D eigenvalue weighted by Gasteiger charge is 2.19. The molecule has 132 valence electrons. The zero-order valence-electron chi connectivity index (χ0n) is 14.1. The van der Waals surface area contributed by atoms with Crippen LogP contribution in [0.4, 0.5) is 5.69 Å². The number of allylic oxidation sites excluding steroid dienone is 1. The van der Waals surface area contributed by atoms with Crippen molar-refractivity contribution in [2.45, 2.75) is 18.7 Å². The summed E-state index contributed by atoms with van der Waals surface area (Å²) in [7, 11) is -2.59. The van der Waals surface area contributed by atoms with Gasteiger partial charge in [0.05, 0.1) is 7.11 Å². The van der Waals surface area contributed by atoms with Gasteiger partial charge < -0.3 is 14.2 Å². The van der Waals surface area contributed by atoms with Crippen molar-refractivity contribution < 1.29 is 22.1 Å². The third kappa shape index (κ3) is 4.84. The molecular weight excluding hydrogens is 342 g/mol. The van der Waals surface area contributed by atoms with Crippen molar-refractivity contribution in [1.82, 2.24) is 0 Å². The van der Waals surface area contributed by atoms with Crippen molar-refractivity contribution in [1.29, 1.82) is 0 Å². The summed E-state index contributed by atoms with van der Waals surface area (Å²) < 4.78 is 35.3. The summed E-state index contributed by atoms with van der Waals surface area (Å²) in [5.41, 5.74) is 1.36. The van der Waals surface area contributed by atoms with E-state index < -0.39 is 10.1 Å². The van der Waals surface area contributed by atoms with Gasteiger partial charge in [-0.05, 0) is 48.9 Å². The number of benzene rings is 2. The van der Waals surface area contributed by atoms with Crippen molar-refractivity contribution in [2.24, 2.45) is 0 Å². The fourth-order valence-corrected chi connectivity index (χ4v) is 3.06. The lowest BCUT2D eigenvalue weighted by atomic mass is 10.2. The van der Waals surface area contributed by atoms with E-state index in [1.54, 1.807) is 12.1 Å². The molecule has 2 rings (SSSR count). The molecule has 1 amide bonds. The first-order chi connectivity index (χ1) is 11.9. The maximum absolute atomic E-state index is 12.4. The molecule has 0 aliphatic carbocycles. The highest BCUT2D eigenvalue weighted by Crippen LogP contribution is 2.31. The summed E-state index contributed by atoms with van der Waals surface area (Å²) in [6, 6.07) is 10.7. The minimum Gasteiger partial charge on any atom is -0.493 e. The smallest absolute Gasteiger partial charge is 0.339 e. The fraction of sp³-hybridized carbons (Fsp3) is 0.167. The Morgan fingerprint density at radius 1 is 1.08 bits per heavy atom. The van der Waals surface area contributed by atoms with E-state index in [1.807, 2.05) is 19.1 Å². The minimum atomic E-state index is -4.03. The van der Waals surface area contributed by atoms with E-state index in [0.29, 0.717) is 11.4 Å². The number of carbonyl (C=O) groups is 1. The zero-order valence-corrected chi connectivity index (χ0v) is 15.0. The SMILES string of the molecule is C/C=C/c1ccc(OS(=O)(=O)c2ccc(NC(C)=O)cc2)c(OC)c1. The van der Waals surface area contributed by atoms with Crippen LogP contribution in [0.1, 0.15) is 19.4 Å². The largest absolute Gasteiger partial charge is 0.493 e. The summed E-state index contributed by atoms with van der Waals surface area (Å²) >= 11 is 0. The molecule has 0 atom stereocenters. The van der Waals surface area contributed by atoms with Gasteiger partial charge in [-0.3, -0.25) is 4.79 Å². The van der Waals surface area contributed by atoms with E-state index >= 15 is 0 Å². The van der Waals surface area contributed by atoms with Crippen LogP contribution >= 0.6 is 0 Å². The second-order valence-corrected chi connectivity index (χ2v) is 6.70. The van der Waals surface area contributed by atoms with Gasteiger partial charge in [-0.2, -0.15) is 8.42 Å². The van der Waals surface area contributed by atoms with Gasteiger partial charge in [-0.1, -0.05) is 18.2 Å². The van der Waals surface area contributed by atoms with E-state index in [2.05, 4.69) is 5.32 Å². The minimum absolute atomic E-state index is 0.0267. The van der Waals surface area contributed by atoms with Gasteiger partial charge in [0.1, 0.15) is 4.90 Å². The van der Waals surface area contributed by atoms with Gasteiger partial charge >= 0.3 is 10.1 Å². The zero-order chi connectivity index (χ0) is 18.4. The molecule has 0 saturated carbocycles. The molecule has 6 nitrogen and oxygen atoms in total. The topological polar surface area (TPSA) is 81.7 Å². The van der Waals surface area contributed by atoms with Crippen LogP contribution in [0.15, 0.2) is 53.4 Å². The number of hydrogen-bond donors (Lipinski definition) is 1. The lowest BCUT2D eigenvalue weighted by molar-refractivity contribution is -0.114. The predicted molar refractivity (Wildman–Crippen MR) is 96.3 cm³/mol. The number of ether oxygens (including phenoxy) is 1. The third-order valence-corrected chi connectivity index (χ3v) is 4.46. The van der Waals surface area contributed by atoms with Crippen molar-refractivity contribution in [2.75, 3.05) is 12.4 Å². The van der Waals surface area contributed by atoms with Crippen molar-refractivity contribution in [3.8, 4) is 11.5 Å². The standard InChI is InChI=1S/C18H19NO5S/c1-4-5-14-6-11-17(18(12-14)23-3)24-25(21,22)16-9-7-15(8-10-16)19-13(2)20/h4-12H,1-3H3,(H,19,20)/b5-4+. The van der Waals surface area contributed by atoms with E-state index in [4.69, 9.17) is 8.92 Å². The van der Waals surface area contributed by atoms with Crippen molar-refractivity contribution in [3.63, 3.8) is 0 Å². The van der Waals surface area contributed by atoms with Gasteiger partial charge in [-0.15, -0.1) is 0 Å². The Morgan fingerprint density at radius 2 is 1.76 bits per heavy atom. The second-order valence-electron chi connectivity index (χ2n) is 5.15. The number of anilines is 1. The first kappa shape index (κ1) is 18.5. The van der Waals surface area contributed by atoms with Crippen LogP contribution in [-0.2, 0) is 14.9 Å². The molecule has 0 bridgehead atoms. The fourth-order valence-electron chi connectivity index (χ4n) is 2.12. The van der Waals surface area contributed by atoms with Crippen LogP contribution in [0.25, 0.3) is 6.08 Å². The summed E-state index contributed by atoms with van der Waals surface area (Å²) in [5, 5.41) is 2.57. The van der Waals surface area contributed by atoms with Gasteiger partial charge in [0.15, 0.2) is 11.5 Å². The highest BCUT2D eigenvalue weighted by atomic mass is 32.2. The number of nitrogens with one attached hydrogen (secondary N) is 1. The van der Waals surface area contributed by atoms with Crippen molar-refractivity contribution in [3.05, 3.63) is 54.1 Å². The third-order valence-electron chi connectivity index (χ3n) is 3.21. The van der Waals surface area contributed by atoms with Crippen molar-refractivity contribution >= 4 is 27.8 Å². The normalized spacial score (nSPS) is 11.3. The molecular formula is C18H19NO5S. The van der Waals surface area contributed by atoms with Crippen LogP contribution in [0.5, 0.6) is 11.5 Å². The molecule has 0 aromatic heterocycles. The summed E-state index contributed by atoms with van der Waals surface area (Å²) in [4.78, 5) is 11.0. The molecule has 2 aromatic carbocycles. The van der Waals surface area contributed by atoms with Crippen LogP contribution in [0.2, 0.25) is 0 Å². The van der Waals surface area contributed by atoms with Crippen LogP contribution in [0, 0.1) is 0 Å². The molecule has 0 aliphatic heterocycles. The number of amides is 1. The summed E-state index contributed by atoms with van der Waals surface area (Å²) in [6.07, 6.45) is 3.73. The Kier molecular flexibility index (Phi) is 5.82. The number of rotatable bonds is 6. The quantitative estimate of drug-likeness (QED) is 0.797. The molecule has 0 unspecified atom stereocenters. The van der Waals surface area contributed by atoms with Gasteiger partial charge in [0.25, 0.3) is 0 Å². The van der Waals surface area contributed by atoms with Gasteiger partial charge in [-0.25, -0.2) is 0 Å². The lowest BCUT2D eigenvalue weighted by Gasteiger charge is -2.12. The van der Waals surface area contributed by atoms with E-state index in [-0.39, 0.29) is 16.6 Å². The van der Waals surface area contributed by atoms with Gasteiger partial charge in [0.2, 0.25) is 5.91 Å². The monoisotopic (exact) mass is 361 g/mol. The molecule has 0 heterocycles. The van der Waals surface area contributed by atoms with Gasteiger partial charge in [0, 0.05) is 12.6 Å². The Bertz CT molecular complexity index is 886. The van der Waals surface area contributed by atoms with Crippen LogP contribution in [-0.4, -0.2) is 21.4 Å². The first-order valence-electron chi connectivity index (χ1n) is 7.48. The Hall–Kier alpha value is -2.80. The molecule has 1 N–H and O–H groups in total.